The summed E-state index contributed by atoms with van der Waals surface area (Å²) in [6.07, 6.45) is -4.34. The predicted octanol–water partition coefficient (Wildman–Crippen LogP) is 2.15. The number of amides is 1. The second-order valence-corrected chi connectivity index (χ2v) is 4.54. The summed E-state index contributed by atoms with van der Waals surface area (Å²) >= 11 is 0. The van der Waals surface area contributed by atoms with Gasteiger partial charge in [0.05, 0.1) is 0 Å². The number of carbonyl (C=O) groups is 2. The molecule has 0 bridgehead atoms. The van der Waals surface area contributed by atoms with E-state index in [1.807, 2.05) is 0 Å². The number of carboxylic acid groups (broad SMARTS) is 1. The molecule has 1 aliphatic rings. The van der Waals surface area contributed by atoms with Crippen LogP contribution < -0.4 is 0 Å². The second kappa shape index (κ2) is 5.15. The minimum absolute atomic E-state index is 0.232. The number of hydrogen-bond donors (Lipinski definition) is 1. The summed E-state index contributed by atoms with van der Waals surface area (Å²) in [5, 5.41) is 9.23. The summed E-state index contributed by atoms with van der Waals surface area (Å²) in [7, 11) is 0. The van der Waals surface area contributed by atoms with E-state index in [9.17, 15) is 27.9 Å². The normalized spacial score (nSPS) is 19.1. The van der Waals surface area contributed by atoms with E-state index in [0.29, 0.717) is 23.3 Å². The van der Waals surface area contributed by atoms with E-state index in [4.69, 9.17) is 0 Å². The number of carboxylic acids is 1. The van der Waals surface area contributed by atoms with E-state index in [1.54, 1.807) is 18.2 Å². The molecule has 1 aromatic carbocycles. The van der Waals surface area contributed by atoms with Crippen LogP contribution >= 0.6 is 0 Å². The second-order valence-electron chi connectivity index (χ2n) is 4.54. The van der Waals surface area contributed by atoms with Crippen LogP contribution in [0.1, 0.15) is 23.6 Å². The molecule has 0 saturated carbocycles. The highest BCUT2D eigenvalue weighted by Gasteiger charge is 2.47. The quantitative estimate of drug-likeness (QED) is 0.861. The molecule has 20 heavy (non-hydrogen) atoms. The Morgan fingerprint density at radius 1 is 1.25 bits per heavy atom. The van der Waals surface area contributed by atoms with E-state index in [2.05, 4.69) is 0 Å². The number of halogens is 3. The predicted molar refractivity (Wildman–Crippen MR) is 62.9 cm³/mol. The van der Waals surface area contributed by atoms with Crippen molar-refractivity contribution in [1.29, 1.82) is 0 Å². The molecule has 1 heterocycles. The van der Waals surface area contributed by atoms with Crippen LogP contribution in [-0.2, 0) is 16.0 Å². The number of aryl methyl sites for hydroxylation is 1. The Hall–Kier alpha value is -2.05. The van der Waals surface area contributed by atoms with Crippen molar-refractivity contribution in [2.75, 3.05) is 6.54 Å². The molecule has 1 aliphatic heterocycles. The third kappa shape index (κ3) is 2.61. The van der Waals surface area contributed by atoms with Gasteiger partial charge in [-0.05, 0) is 24.0 Å². The monoisotopic (exact) mass is 287 g/mol. The van der Waals surface area contributed by atoms with Gasteiger partial charge in [0.2, 0.25) is 0 Å². The van der Waals surface area contributed by atoms with Crippen molar-refractivity contribution in [2.45, 2.75) is 25.1 Å². The molecule has 1 amide bonds. The molecule has 4 nitrogen and oxygen atoms in total. The van der Waals surface area contributed by atoms with Crippen LogP contribution in [0.25, 0.3) is 0 Å². The van der Waals surface area contributed by atoms with Crippen LogP contribution in [0.15, 0.2) is 24.3 Å². The lowest BCUT2D eigenvalue weighted by Crippen LogP contribution is -2.45. The lowest BCUT2D eigenvalue weighted by molar-refractivity contribution is -0.190. The number of fused-ring (bicyclic) bond motifs is 1. The van der Waals surface area contributed by atoms with Gasteiger partial charge in [-0.15, -0.1) is 0 Å². The largest absolute Gasteiger partial charge is 0.479 e. The molecule has 108 valence electrons. The zero-order chi connectivity index (χ0) is 14.9. The fraction of sp³-hybridized carbons (Fsp3) is 0.385. The van der Waals surface area contributed by atoms with Gasteiger partial charge < -0.3 is 10.0 Å². The first-order valence-electron chi connectivity index (χ1n) is 6.01. The molecule has 1 aromatic rings. The number of alkyl halides is 3. The standard InChI is InChI=1S/C13H12F3NO3/c14-13(15,16)12(20)17-7-3-5-8-4-1-2-6-9(8)10(17)11(18)19/h1-2,4,6,10H,3,5,7H2,(H,18,19). The van der Waals surface area contributed by atoms with Crippen molar-refractivity contribution in [3.05, 3.63) is 35.4 Å². The first kappa shape index (κ1) is 14.4. The molecular formula is C13H12F3NO3. The third-order valence-corrected chi connectivity index (χ3v) is 3.24. The number of aliphatic carboxylic acids is 1. The first-order chi connectivity index (χ1) is 9.32. The fourth-order valence-corrected chi connectivity index (χ4v) is 2.41. The van der Waals surface area contributed by atoms with Crippen molar-refractivity contribution < 1.29 is 27.9 Å². The molecule has 0 aromatic heterocycles. The van der Waals surface area contributed by atoms with E-state index < -0.39 is 24.1 Å². The molecule has 0 radical (unpaired) electrons. The lowest BCUT2D eigenvalue weighted by Gasteiger charge is -2.28. The van der Waals surface area contributed by atoms with E-state index >= 15 is 0 Å². The molecule has 0 spiro atoms. The zero-order valence-electron chi connectivity index (χ0n) is 10.4. The van der Waals surface area contributed by atoms with Gasteiger partial charge in [0, 0.05) is 6.54 Å². The summed E-state index contributed by atoms with van der Waals surface area (Å²) in [4.78, 5) is 23.2. The Labute approximate surface area is 112 Å². The molecule has 1 N–H and O–H groups in total. The highest BCUT2D eigenvalue weighted by atomic mass is 19.4. The van der Waals surface area contributed by atoms with Gasteiger partial charge in [-0.1, -0.05) is 24.3 Å². The van der Waals surface area contributed by atoms with Gasteiger partial charge in [-0.25, -0.2) is 4.79 Å². The van der Waals surface area contributed by atoms with Crippen LogP contribution in [-0.4, -0.2) is 34.6 Å². The van der Waals surface area contributed by atoms with Crippen LogP contribution in [0.3, 0.4) is 0 Å². The number of rotatable bonds is 1. The van der Waals surface area contributed by atoms with Crippen molar-refractivity contribution in [1.82, 2.24) is 4.90 Å². The van der Waals surface area contributed by atoms with Crippen LogP contribution in [0, 0.1) is 0 Å². The molecule has 0 aliphatic carbocycles. The maximum atomic E-state index is 12.6. The lowest BCUT2D eigenvalue weighted by atomic mass is 9.98. The fourth-order valence-electron chi connectivity index (χ4n) is 2.41. The Balaban J connectivity index is 2.48. The van der Waals surface area contributed by atoms with Crippen molar-refractivity contribution in [2.24, 2.45) is 0 Å². The Morgan fingerprint density at radius 3 is 2.50 bits per heavy atom. The van der Waals surface area contributed by atoms with Gasteiger partial charge in [-0.2, -0.15) is 13.2 Å². The molecule has 2 rings (SSSR count). The summed E-state index contributed by atoms with van der Waals surface area (Å²) < 4.78 is 37.8. The average molecular weight is 287 g/mol. The minimum Gasteiger partial charge on any atom is -0.479 e. The maximum Gasteiger partial charge on any atom is 0.471 e. The first-order valence-corrected chi connectivity index (χ1v) is 6.01. The Morgan fingerprint density at radius 2 is 1.90 bits per heavy atom. The summed E-state index contributed by atoms with van der Waals surface area (Å²) in [6.45, 7) is -0.232. The molecule has 7 heteroatoms. The smallest absolute Gasteiger partial charge is 0.471 e. The number of carbonyl (C=O) groups excluding carboxylic acids is 1. The third-order valence-electron chi connectivity index (χ3n) is 3.24. The highest BCUT2D eigenvalue weighted by molar-refractivity contribution is 5.88. The average Bonchev–Trinajstić information content (AvgIpc) is 2.55. The van der Waals surface area contributed by atoms with E-state index in [1.165, 1.54) is 6.07 Å². The van der Waals surface area contributed by atoms with Gasteiger partial charge in [0.25, 0.3) is 0 Å². The van der Waals surface area contributed by atoms with Crippen molar-refractivity contribution >= 4 is 11.9 Å². The molecular weight excluding hydrogens is 275 g/mol. The van der Waals surface area contributed by atoms with Gasteiger partial charge in [-0.3, -0.25) is 4.79 Å². The van der Waals surface area contributed by atoms with Crippen LogP contribution in [0.4, 0.5) is 13.2 Å². The van der Waals surface area contributed by atoms with Crippen LogP contribution in [0.5, 0.6) is 0 Å². The highest BCUT2D eigenvalue weighted by Crippen LogP contribution is 2.32. The van der Waals surface area contributed by atoms with E-state index in [0.717, 1.165) is 0 Å². The summed E-state index contributed by atoms with van der Waals surface area (Å²) in [6, 6.07) is 4.78. The molecule has 0 saturated heterocycles. The minimum atomic E-state index is -5.08. The zero-order valence-corrected chi connectivity index (χ0v) is 10.4. The van der Waals surface area contributed by atoms with Crippen molar-refractivity contribution in [3.63, 3.8) is 0 Å². The van der Waals surface area contributed by atoms with Gasteiger partial charge >= 0.3 is 18.1 Å². The summed E-state index contributed by atoms with van der Waals surface area (Å²) in [5.41, 5.74) is 0.910. The van der Waals surface area contributed by atoms with Crippen LogP contribution in [0.2, 0.25) is 0 Å². The summed E-state index contributed by atoms with van der Waals surface area (Å²) in [5.74, 6) is -3.57. The SMILES string of the molecule is O=C(O)C1c2ccccc2CCCN1C(=O)C(F)(F)F. The van der Waals surface area contributed by atoms with E-state index in [-0.39, 0.29) is 12.1 Å². The Bertz CT molecular complexity index is 542. The number of hydrogen-bond acceptors (Lipinski definition) is 2. The number of nitrogens with zero attached hydrogens (tertiary/aromatic N) is 1. The maximum absolute atomic E-state index is 12.6. The number of benzene rings is 1. The molecule has 0 fully saturated rings. The topological polar surface area (TPSA) is 57.6 Å². The Kier molecular flexibility index (Phi) is 3.69. The van der Waals surface area contributed by atoms with Gasteiger partial charge in [0.1, 0.15) is 0 Å². The molecule has 1 atom stereocenters. The van der Waals surface area contributed by atoms with Crippen molar-refractivity contribution in [3.8, 4) is 0 Å². The molecule has 1 unspecified atom stereocenters. The van der Waals surface area contributed by atoms with Gasteiger partial charge in [0.15, 0.2) is 6.04 Å².